The van der Waals surface area contributed by atoms with E-state index in [1.165, 1.54) is 11.2 Å². The molecule has 0 saturated carbocycles. The minimum atomic E-state index is -3.61. The molecule has 0 radical (unpaired) electrons. The second kappa shape index (κ2) is 8.69. The molecule has 1 aromatic carbocycles. The summed E-state index contributed by atoms with van der Waals surface area (Å²) in [6.07, 6.45) is 0.938. The lowest BCUT2D eigenvalue weighted by molar-refractivity contribution is -0.114. The quantitative estimate of drug-likeness (QED) is 0.773. The predicted octanol–water partition coefficient (Wildman–Crippen LogP) is 2.48. The number of hydrogen-bond acceptors (Lipinski definition) is 6. The molecule has 0 bridgehead atoms. The van der Waals surface area contributed by atoms with Gasteiger partial charge in [0.25, 0.3) is 0 Å². The van der Waals surface area contributed by atoms with Crippen molar-refractivity contribution in [3.63, 3.8) is 0 Å². The lowest BCUT2D eigenvalue weighted by atomic mass is 10.2. The van der Waals surface area contributed by atoms with E-state index in [9.17, 15) is 13.2 Å². The van der Waals surface area contributed by atoms with Gasteiger partial charge in [0.05, 0.1) is 15.6 Å². The molecule has 152 valence electrons. The zero-order chi connectivity index (χ0) is 20.3. The average molecular weight is 423 g/mol. The number of thiazole rings is 1. The van der Waals surface area contributed by atoms with E-state index in [4.69, 9.17) is 0 Å². The Labute approximate surface area is 170 Å². The van der Waals surface area contributed by atoms with E-state index in [1.807, 2.05) is 0 Å². The second-order valence-corrected chi connectivity index (χ2v) is 9.78. The van der Waals surface area contributed by atoms with Crippen molar-refractivity contribution in [1.82, 2.24) is 14.2 Å². The molecule has 28 heavy (non-hydrogen) atoms. The van der Waals surface area contributed by atoms with Crippen LogP contribution in [0.5, 0.6) is 0 Å². The molecular formula is C19H26N4O3S2. The third-order valence-electron chi connectivity index (χ3n) is 4.74. The summed E-state index contributed by atoms with van der Waals surface area (Å²) in [5.41, 5.74) is 2.22. The van der Waals surface area contributed by atoms with Crippen LogP contribution in [0.1, 0.15) is 30.1 Å². The Morgan fingerprint density at radius 1 is 1.25 bits per heavy atom. The Morgan fingerprint density at radius 3 is 2.57 bits per heavy atom. The van der Waals surface area contributed by atoms with E-state index in [2.05, 4.69) is 27.5 Å². The monoisotopic (exact) mass is 422 g/mol. The lowest BCUT2D eigenvalue weighted by Gasteiger charge is -2.33. The number of benzene rings is 1. The Balaban J connectivity index is 1.68. The first kappa shape index (κ1) is 20.9. The molecule has 1 amide bonds. The molecule has 0 unspecified atom stereocenters. The molecule has 2 aromatic rings. The summed E-state index contributed by atoms with van der Waals surface area (Å²) < 4.78 is 27.8. The van der Waals surface area contributed by atoms with E-state index in [0.717, 1.165) is 23.7 Å². The molecule has 1 N–H and O–H groups in total. The molecule has 1 saturated heterocycles. The molecule has 3 rings (SSSR count). The van der Waals surface area contributed by atoms with E-state index in [-0.39, 0.29) is 10.8 Å². The summed E-state index contributed by atoms with van der Waals surface area (Å²) >= 11 is 1.67. The highest BCUT2D eigenvalue weighted by Crippen LogP contribution is 2.25. The van der Waals surface area contributed by atoms with Gasteiger partial charge in [0.1, 0.15) is 0 Å². The van der Waals surface area contributed by atoms with Gasteiger partial charge >= 0.3 is 0 Å². The Hall–Kier alpha value is -1.81. The maximum Gasteiger partial charge on any atom is 0.243 e. The summed E-state index contributed by atoms with van der Waals surface area (Å²) in [7, 11) is -3.61. The number of anilines is 1. The Morgan fingerprint density at radius 2 is 1.96 bits per heavy atom. The van der Waals surface area contributed by atoms with Crippen LogP contribution in [-0.4, -0.2) is 54.7 Å². The third-order valence-corrected chi connectivity index (χ3v) is 7.83. The predicted molar refractivity (Wildman–Crippen MR) is 111 cm³/mol. The van der Waals surface area contributed by atoms with Crippen LogP contribution in [-0.2, 0) is 27.8 Å². The molecule has 1 aromatic heterocycles. The topological polar surface area (TPSA) is 82.6 Å². The smallest absolute Gasteiger partial charge is 0.243 e. The van der Waals surface area contributed by atoms with Crippen LogP contribution in [0, 0.1) is 6.92 Å². The van der Waals surface area contributed by atoms with Gasteiger partial charge in [0.2, 0.25) is 15.9 Å². The highest BCUT2D eigenvalue weighted by Gasteiger charge is 2.30. The SMILES string of the molecule is CCc1nc(CN2CCN(S(=O)(=O)c3cc(NC(C)=O)ccc3C)CC2)cs1. The zero-order valence-electron chi connectivity index (χ0n) is 16.4. The van der Waals surface area contributed by atoms with Gasteiger partial charge in [0.15, 0.2) is 0 Å². The number of sulfonamides is 1. The van der Waals surface area contributed by atoms with Crippen LogP contribution in [0.2, 0.25) is 0 Å². The minimum absolute atomic E-state index is 0.228. The zero-order valence-corrected chi connectivity index (χ0v) is 18.1. The van der Waals surface area contributed by atoms with Crippen LogP contribution < -0.4 is 5.32 Å². The molecule has 2 heterocycles. The van der Waals surface area contributed by atoms with Gasteiger partial charge in [0, 0.05) is 50.7 Å². The second-order valence-electron chi connectivity index (χ2n) is 6.93. The van der Waals surface area contributed by atoms with Crippen molar-refractivity contribution in [3.8, 4) is 0 Å². The molecule has 1 aliphatic rings. The highest BCUT2D eigenvalue weighted by atomic mass is 32.2. The van der Waals surface area contributed by atoms with Crippen molar-refractivity contribution < 1.29 is 13.2 Å². The first-order valence-electron chi connectivity index (χ1n) is 9.33. The van der Waals surface area contributed by atoms with Gasteiger partial charge in [-0.25, -0.2) is 13.4 Å². The van der Waals surface area contributed by atoms with Crippen LogP contribution in [0.3, 0.4) is 0 Å². The fraction of sp³-hybridized carbons (Fsp3) is 0.474. The number of amides is 1. The van der Waals surface area contributed by atoms with Gasteiger partial charge in [-0.2, -0.15) is 4.31 Å². The van der Waals surface area contributed by atoms with Gasteiger partial charge in [-0.1, -0.05) is 13.0 Å². The van der Waals surface area contributed by atoms with Crippen LogP contribution in [0.15, 0.2) is 28.5 Å². The molecule has 0 atom stereocenters. The number of carbonyl (C=O) groups excluding carboxylic acids is 1. The molecule has 7 nitrogen and oxygen atoms in total. The summed E-state index contributed by atoms with van der Waals surface area (Å²) in [5, 5.41) is 5.86. The van der Waals surface area contributed by atoms with Crippen molar-refractivity contribution in [3.05, 3.63) is 39.8 Å². The Bertz CT molecular complexity index is 948. The summed E-state index contributed by atoms with van der Waals surface area (Å²) in [4.78, 5) is 18.4. The Kier molecular flexibility index (Phi) is 6.49. The van der Waals surface area contributed by atoms with Gasteiger partial charge in [-0.15, -0.1) is 11.3 Å². The average Bonchev–Trinajstić information content (AvgIpc) is 3.11. The molecule has 9 heteroatoms. The number of piperazine rings is 1. The summed E-state index contributed by atoms with van der Waals surface area (Å²) in [6, 6.07) is 4.98. The van der Waals surface area contributed by atoms with E-state index < -0.39 is 10.0 Å². The first-order chi connectivity index (χ1) is 13.3. The van der Waals surface area contributed by atoms with Crippen LogP contribution in [0.4, 0.5) is 5.69 Å². The van der Waals surface area contributed by atoms with Crippen molar-refractivity contribution in [2.75, 3.05) is 31.5 Å². The standard InChI is InChI=1S/C19H26N4O3S2/c1-4-19-21-17(13-27-19)12-22-7-9-23(10-8-22)28(25,26)18-11-16(20-15(3)24)6-5-14(18)2/h5-6,11,13H,4,7-10,12H2,1-3H3,(H,20,24). The summed E-state index contributed by atoms with van der Waals surface area (Å²) in [5.74, 6) is -0.228. The summed E-state index contributed by atoms with van der Waals surface area (Å²) in [6.45, 7) is 8.24. The third kappa shape index (κ3) is 4.78. The van der Waals surface area contributed by atoms with E-state index in [0.29, 0.717) is 37.4 Å². The van der Waals surface area contributed by atoms with Gasteiger partial charge in [-0.3, -0.25) is 9.69 Å². The van der Waals surface area contributed by atoms with Crippen LogP contribution >= 0.6 is 11.3 Å². The van der Waals surface area contributed by atoms with Gasteiger partial charge in [-0.05, 0) is 31.0 Å². The normalized spacial score (nSPS) is 16.2. The lowest BCUT2D eigenvalue weighted by Crippen LogP contribution is -2.48. The van der Waals surface area contributed by atoms with Crippen molar-refractivity contribution in [2.45, 2.75) is 38.6 Å². The largest absolute Gasteiger partial charge is 0.326 e. The highest BCUT2D eigenvalue weighted by molar-refractivity contribution is 7.89. The van der Waals surface area contributed by atoms with E-state index in [1.54, 1.807) is 36.5 Å². The number of aromatic nitrogens is 1. The minimum Gasteiger partial charge on any atom is -0.326 e. The first-order valence-corrected chi connectivity index (χ1v) is 11.7. The maximum absolute atomic E-state index is 13.1. The molecular weight excluding hydrogens is 396 g/mol. The number of hydrogen-bond donors (Lipinski definition) is 1. The van der Waals surface area contributed by atoms with Crippen molar-refractivity contribution >= 4 is 33.0 Å². The number of nitrogens with zero attached hydrogens (tertiary/aromatic N) is 3. The number of nitrogens with one attached hydrogen (secondary N) is 1. The van der Waals surface area contributed by atoms with Crippen molar-refractivity contribution in [2.24, 2.45) is 0 Å². The number of rotatable bonds is 6. The fourth-order valence-electron chi connectivity index (χ4n) is 3.24. The number of aryl methyl sites for hydroxylation is 2. The molecule has 1 fully saturated rings. The maximum atomic E-state index is 13.1. The van der Waals surface area contributed by atoms with Crippen molar-refractivity contribution in [1.29, 1.82) is 0 Å². The number of carbonyl (C=O) groups is 1. The van der Waals surface area contributed by atoms with Crippen LogP contribution in [0.25, 0.3) is 0 Å². The van der Waals surface area contributed by atoms with E-state index >= 15 is 0 Å². The molecule has 0 aliphatic carbocycles. The molecule has 0 spiro atoms. The fourth-order valence-corrected chi connectivity index (χ4v) is 5.65. The van der Waals surface area contributed by atoms with Gasteiger partial charge < -0.3 is 5.32 Å². The molecule has 1 aliphatic heterocycles.